The van der Waals surface area contributed by atoms with Crippen LogP contribution < -0.4 is 11.1 Å². The third-order valence-corrected chi connectivity index (χ3v) is 4.56. The summed E-state index contributed by atoms with van der Waals surface area (Å²) >= 11 is 0. The Balaban J connectivity index is 2.06. The predicted molar refractivity (Wildman–Crippen MR) is 94.2 cm³/mol. The third kappa shape index (κ3) is 4.67. The minimum atomic E-state index is -0.664. The third-order valence-electron chi connectivity index (χ3n) is 4.56. The van der Waals surface area contributed by atoms with Gasteiger partial charge in [0.2, 0.25) is 5.91 Å². The number of benzene rings is 1. The van der Waals surface area contributed by atoms with Crippen LogP contribution in [-0.2, 0) is 0 Å². The fraction of sp³-hybridized carbons (Fsp3) is 0.588. The summed E-state index contributed by atoms with van der Waals surface area (Å²) in [6.45, 7) is 5.02. The van der Waals surface area contributed by atoms with Crippen molar-refractivity contribution >= 4 is 17.3 Å². The summed E-state index contributed by atoms with van der Waals surface area (Å²) < 4.78 is 0. The van der Waals surface area contributed by atoms with Gasteiger partial charge in [-0.3, -0.25) is 19.8 Å². The lowest BCUT2D eigenvalue weighted by atomic mass is 10.0. The highest BCUT2D eigenvalue weighted by molar-refractivity contribution is 5.94. The van der Waals surface area contributed by atoms with Crippen molar-refractivity contribution in [3.63, 3.8) is 0 Å². The Bertz CT molecular complexity index is 591. The maximum Gasteiger partial charge on any atom is 0.293 e. The van der Waals surface area contributed by atoms with Gasteiger partial charge in [-0.1, -0.05) is 19.8 Å². The first-order valence-corrected chi connectivity index (χ1v) is 8.59. The van der Waals surface area contributed by atoms with Gasteiger partial charge in [0.1, 0.15) is 5.69 Å². The predicted octanol–water partition coefficient (Wildman–Crippen LogP) is 2.76. The van der Waals surface area contributed by atoms with Crippen LogP contribution in [0.1, 0.15) is 49.4 Å². The van der Waals surface area contributed by atoms with Crippen LogP contribution in [0.3, 0.4) is 0 Å². The molecule has 1 atom stereocenters. The van der Waals surface area contributed by atoms with E-state index in [1.807, 2.05) is 0 Å². The highest BCUT2D eigenvalue weighted by Gasteiger charge is 2.23. The van der Waals surface area contributed by atoms with Crippen molar-refractivity contribution in [2.24, 2.45) is 5.73 Å². The summed E-state index contributed by atoms with van der Waals surface area (Å²) in [7, 11) is 0. The molecule has 0 saturated carbocycles. The van der Waals surface area contributed by atoms with Gasteiger partial charge < -0.3 is 11.1 Å². The smallest absolute Gasteiger partial charge is 0.293 e. The van der Waals surface area contributed by atoms with Crippen LogP contribution >= 0.6 is 0 Å². The number of hydrogen-bond donors (Lipinski definition) is 2. The Kier molecular flexibility index (Phi) is 6.54. The Hall–Kier alpha value is -2.15. The molecular formula is C17H26N4O3. The zero-order valence-corrected chi connectivity index (χ0v) is 14.2. The first-order chi connectivity index (χ1) is 11.5. The first kappa shape index (κ1) is 18.2. The van der Waals surface area contributed by atoms with Crippen molar-refractivity contribution in [2.75, 3.05) is 25.0 Å². The number of amides is 1. The Morgan fingerprint density at radius 3 is 2.92 bits per heavy atom. The molecule has 1 aromatic carbocycles. The summed E-state index contributed by atoms with van der Waals surface area (Å²) in [5.41, 5.74) is 5.67. The molecule has 1 unspecified atom stereocenters. The lowest BCUT2D eigenvalue weighted by Crippen LogP contribution is -2.44. The number of piperidine rings is 1. The summed E-state index contributed by atoms with van der Waals surface area (Å²) in [4.78, 5) is 24.5. The number of nitrogens with two attached hydrogens (primary N) is 1. The van der Waals surface area contributed by atoms with E-state index >= 15 is 0 Å². The number of hydrogen-bond acceptors (Lipinski definition) is 5. The van der Waals surface area contributed by atoms with Crippen LogP contribution in [0.2, 0.25) is 0 Å². The Labute approximate surface area is 142 Å². The molecule has 132 valence electrons. The van der Waals surface area contributed by atoms with Crippen molar-refractivity contribution in [1.82, 2.24) is 4.90 Å². The van der Waals surface area contributed by atoms with E-state index in [4.69, 9.17) is 5.73 Å². The van der Waals surface area contributed by atoms with Crippen molar-refractivity contribution in [3.8, 4) is 0 Å². The average molecular weight is 334 g/mol. The molecule has 0 spiro atoms. The van der Waals surface area contributed by atoms with E-state index in [1.54, 1.807) is 6.07 Å². The summed E-state index contributed by atoms with van der Waals surface area (Å²) in [6, 6.07) is 4.71. The molecule has 3 N–H and O–H groups in total. The van der Waals surface area contributed by atoms with Gasteiger partial charge in [0.05, 0.1) is 4.92 Å². The van der Waals surface area contributed by atoms with E-state index in [2.05, 4.69) is 17.1 Å². The Morgan fingerprint density at radius 2 is 2.25 bits per heavy atom. The standard InChI is InChI=1S/C17H26N4O3/c1-2-3-9-20-10-5-4-6-14(20)12-19-15-8-7-13(17(18)22)11-16(15)21(23)24/h7-8,11,14,19H,2-6,9-10,12H2,1H3,(H2,18,22). The van der Waals surface area contributed by atoms with Crippen LogP contribution in [-0.4, -0.2) is 41.4 Å². The van der Waals surface area contributed by atoms with Crippen LogP contribution in [0.15, 0.2) is 18.2 Å². The van der Waals surface area contributed by atoms with Crippen molar-refractivity contribution in [3.05, 3.63) is 33.9 Å². The molecule has 2 rings (SSSR count). The number of primary amides is 1. The second-order valence-electron chi connectivity index (χ2n) is 6.27. The highest BCUT2D eigenvalue weighted by atomic mass is 16.6. The number of nitrogens with one attached hydrogen (secondary N) is 1. The molecule has 24 heavy (non-hydrogen) atoms. The number of likely N-dealkylation sites (tertiary alicyclic amines) is 1. The lowest BCUT2D eigenvalue weighted by Gasteiger charge is -2.36. The van der Waals surface area contributed by atoms with Crippen molar-refractivity contribution in [2.45, 2.75) is 45.1 Å². The molecule has 1 aliphatic heterocycles. The SMILES string of the molecule is CCCCN1CCCCC1CNc1ccc(C(N)=O)cc1[N+](=O)[O-]. The van der Waals surface area contributed by atoms with Crippen LogP contribution in [0, 0.1) is 10.1 Å². The molecule has 1 amide bonds. The quantitative estimate of drug-likeness (QED) is 0.562. The van der Waals surface area contributed by atoms with Gasteiger partial charge >= 0.3 is 0 Å². The van der Waals surface area contributed by atoms with Gasteiger partial charge in [-0.05, 0) is 44.5 Å². The fourth-order valence-corrected chi connectivity index (χ4v) is 3.16. The molecule has 0 bridgehead atoms. The van der Waals surface area contributed by atoms with Gasteiger partial charge in [-0.15, -0.1) is 0 Å². The van der Waals surface area contributed by atoms with E-state index in [1.165, 1.54) is 31.4 Å². The van der Waals surface area contributed by atoms with E-state index in [-0.39, 0.29) is 11.3 Å². The van der Waals surface area contributed by atoms with Gasteiger partial charge in [-0.25, -0.2) is 0 Å². The topological polar surface area (TPSA) is 102 Å². The molecule has 0 aliphatic carbocycles. The number of nitrogens with zero attached hydrogens (tertiary/aromatic N) is 2. The van der Waals surface area contributed by atoms with Crippen LogP contribution in [0.5, 0.6) is 0 Å². The normalized spacial score (nSPS) is 18.3. The molecule has 1 saturated heterocycles. The van der Waals surface area contributed by atoms with E-state index < -0.39 is 10.8 Å². The molecule has 7 nitrogen and oxygen atoms in total. The van der Waals surface area contributed by atoms with E-state index in [0.29, 0.717) is 18.3 Å². The van der Waals surface area contributed by atoms with Crippen LogP contribution in [0.4, 0.5) is 11.4 Å². The number of unbranched alkanes of at least 4 members (excludes halogenated alkanes) is 1. The van der Waals surface area contributed by atoms with E-state index in [0.717, 1.165) is 25.9 Å². The molecule has 7 heteroatoms. The van der Waals surface area contributed by atoms with Gasteiger partial charge in [0.25, 0.3) is 5.69 Å². The molecular weight excluding hydrogens is 308 g/mol. The fourth-order valence-electron chi connectivity index (χ4n) is 3.16. The Morgan fingerprint density at radius 1 is 1.46 bits per heavy atom. The maximum absolute atomic E-state index is 11.3. The molecule has 1 fully saturated rings. The molecule has 1 aromatic rings. The van der Waals surface area contributed by atoms with E-state index in [9.17, 15) is 14.9 Å². The zero-order chi connectivity index (χ0) is 17.5. The van der Waals surface area contributed by atoms with Crippen molar-refractivity contribution < 1.29 is 9.72 Å². The maximum atomic E-state index is 11.3. The first-order valence-electron chi connectivity index (χ1n) is 8.59. The van der Waals surface area contributed by atoms with Crippen LogP contribution in [0.25, 0.3) is 0 Å². The van der Waals surface area contributed by atoms with Gasteiger partial charge in [0, 0.05) is 24.2 Å². The molecule has 1 heterocycles. The second-order valence-corrected chi connectivity index (χ2v) is 6.27. The van der Waals surface area contributed by atoms with Crippen molar-refractivity contribution in [1.29, 1.82) is 0 Å². The number of rotatable bonds is 8. The summed E-state index contributed by atoms with van der Waals surface area (Å²) in [5, 5.41) is 14.5. The average Bonchev–Trinajstić information content (AvgIpc) is 2.58. The molecule has 0 aromatic heterocycles. The lowest BCUT2D eigenvalue weighted by molar-refractivity contribution is -0.384. The number of nitro groups is 1. The monoisotopic (exact) mass is 334 g/mol. The minimum absolute atomic E-state index is 0.109. The number of nitro benzene ring substituents is 1. The number of anilines is 1. The number of carbonyl (C=O) groups excluding carboxylic acids is 1. The second kappa shape index (κ2) is 8.63. The summed E-state index contributed by atoms with van der Waals surface area (Å²) in [5.74, 6) is -0.664. The largest absolute Gasteiger partial charge is 0.378 e. The zero-order valence-electron chi connectivity index (χ0n) is 14.2. The minimum Gasteiger partial charge on any atom is -0.378 e. The summed E-state index contributed by atoms with van der Waals surface area (Å²) in [6.07, 6.45) is 5.84. The number of carbonyl (C=O) groups is 1. The van der Waals surface area contributed by atoms with Gasteiger partial charge in [0.15, 0.2) is 0 Å². The molecule has 1 aliphatic rings. The van der Waals surface area contributed by atoms with Gasteiger partial charge in [-0.2, -0.15) is 0 Å². The highest BCUT2D eigenvalue weighted by Crippen LogP contribution is 2.26. The molecule has 0 radical (unpaired) electrons.